The molecule has 0 aliphatic carbocycles. The van der Waals surface area contributed by atoms with E-state index in [0.29, 0.717) is 26.6 Å². The number of aromatic nitrogens is 5. The number of benzene rings is 1. The predicted octanol–water partition coefficient (Wildman–Crippen LogP) is 2.85. The summed E-state index contributed by atoms with van der Waals surface area (Å²) in [6.07, 6.45) is 1.21. The molecule has 4 aromatic rings. The molecule has 4 rings (SSSR count). The lowest BCUT2D eigenvalue weighted by atomic mass is 10.1. The Morgan fingerprint density at radius 3 is 2.85 bits per heavy atom. The Kier molecular flexibility index (Phi) is 3.98. The highest BCUT2D eigenvalue weighted by Gasteiger charge is 2.17. The van der Waals surface area contributed by atoms with Crippen LogP contribution >= 0.6 is 22.9 Å². The maximum Gasteiger partial charge on any atom is 0.490 e. The van der Waals surface area contributed by atoms with Crippen molar-refractivity contribution in [2.75, 3.05) is 0 Å². The molecule has 0 atom stereocenters. The Balaban J connectivity index is 1.75. The summed E-state index contributed by atoms with van der Waals surface area (Å²) in [6, 6.07) is 7.26. The van der Waals surface area contributed by atoms with E-state index in [1.165, 1.54) is 22.3 Å². The summed E-state index contributed by atoms with van der Waals surface area (Å²) < 4.78 is 1.24. The molecule has 0 unspecified atom stereocenters. The van der Waals surface area contributed by atoms with Crippen LogP contribution in [-0.2, 0) is 6.54 Å². The van der Waals surface area contributed by atoms with Gasteiger partial charge in [0.1, 0.15) is 17.2 Å². The van der Waals surface area contributed by atoms with Crippen LogP contribution in [0.1, 0.15) is 5.82 Å². The second-order valence-electron chi connectivity index (χ2n) is 5.32. The topological polar surface area (TPSA) is 120 Å². The van der Waals surface area contributed by atoms with Crippen LogP contribution in [0.5, 0.6) is 0 Å². The van der Waals surface area contributed by atoms with Crippen LogP contribution in [0.3, 0.4) is 0 Å². The minimum Gasteiger partial charge on any atom is -0.390 e. The molecule has 9 nitrogen and oxygen atoms in total. The standard InChI is InChI=1S/C15H9ClN6O3S/c16-10-4-2-1-3-8(10)9-6-26-14-12(9)13(23)18-11(19-14)5-21-7-17-15(20-21)22(24)25/h1-4,6-7H,5H2,(H,18,19,23). The number of nitro groups is 1. The van der Waals surface area contributed by atoms with Crippen LogP contribution in [0.15, 0.2) is 40.8 Å². The summed E-state index contributed by atoms with van der Waals surface area (Å²) in [4.78, 5) is 33.8. The molecule has 26 heavy (non-hydrogen) atoms. The molecular formula is C15H9ClN6O3S. The van der Waals surface area contributed by atoms with Crippen LogP contribution in [-0.4, -0.2) is 29.7 Å². The maximum absolute atomic E-state index is 12.6. The Morgan fingerprint density at radius 1 is 1.31 bits per heavy atom. The SMILES string of the molecule is O=c1[nH]c(Cn2cnc([N+](=O)[O-])n2)nc2scc(-c3ccccc3Cl)c12. The molecule has 11 heteroatoms. The van der Waals surface area contributed by atoms with Crippen LogP contribution in [0.2, 0.25) is 5.02 Å². The van der Waals surface area contributed by atoms with Crippen molar-refractivity contribution in [3.8, 4) is 11.1 Å². The number of thiophene rings is 1. The van der Waals surface area contributed by atoms with Crippen molar-refractivity contribution in [1.29, 1.82) is 0 Å². The van der Waals surface area contributed by atoms with Crippen LogP contribution < -0.4 is 5.56 Å². The molecule has 3 heterocycles. The predicted molar refractivity (Wildman–Crippen MR) is 96.5 cm³/mol. The molecule has 130 valence electrons. The number of aromatic amines is 1. The highest BCUT2D eigenvalue weighted by Crippen LogP contribution is 2.34. The first kappa shape index (κ1) is 16.4. The summed E-state index contributed by atoms with van der Waals surface area (Å²) in [5, 5.41) is 17.2. The normalized spacial score (nSPS) is 11.1. The van der Waals surface area contributed by atoms with E-state index in [1.807, 2.05) is 23.6 Å². The fraction of sp³-hybridized carbons (Fsp3) is 0.0667. The molecule has 0 saturated carbocycles. The van der Waals surface area contributed by atoms with E-state index >= 15 is 0 Å². The summed E-state index contributed by atoms with van der Waals surface area (Å²) in [5.74, 6) is -0.180. The monoisotopic (exact) mass is 388 g/mol. The Hall–Kier alpha value is -3.11. The Morgan fingerprint density at radius 2 is 2.12 bits per heavy atom. The summed E-state index contributed by atoms with van der Waals surface area (Å²) >= 11 is 7.56. The Bertz CT molecular complexity index is 1200. The van der Waals surface area contributed by atoms with Crippen molar-refractivity contribution >= 4 is 39.1 Å². The van der Waals surface area contributed by atoms with E-state index < -0.39 is 10.9 Å². The minimum atomic E-state index is -0.689. The van der Waals surface area contributed by atoms with Gasteiger partial charge in [-0.15, -0.1) is 11.3 Å². The number of nitrogens with one attached hydrogen (secondary N) is 1. The van der Waals surface area contributed by atoms with Crippen molar-refractivity contribution in [2.24, 2.45) is 0 Å². The molecule has 0 spiro atoms. The quantitative estimate of drug-likeness (QED) is 0.424. The van der Waals surface area contributed by atoms with Gasteiger partial charge < -0.3 is 15.1 Å². The molecule has 0 amide bonds. The van der Waals surface area contributed by atoms with E-state index in [-0.39, 0.29) is 12.1 Å². The van der Waals surface area contributed by atoms with E-state index in [4.69, 9.17) is 11.6 Å². The molecule has 0 radical (unpaired) electrons. The van der Waals surface area contributed by atoms with Gasteiger partial charge in [0.05, 0.1) is 5.39 Å². The van der Waals surface area contributed by atoms with Crippen molar-refractivity contribution in [3.63, 3.8) is 0 Å². The summed E-state index contributed by atoms with van der Waals surface area (Å²) in [7, 11) is 0. The van der Waals surface area contributed by atoms with Crippen molar-refractivity contribution in [3.05, 3.63) is 67.3 Å². The number of nitrogens with zero attached hydrogens (tertiary/aromatic N) is 5. The van der Waals surface area contributed by atoms with Crippen LogP contribution in [0, 0.1) is 10.1 Å². The number of rotatable bonds is 4. The molecule has 0 fully saturated rings. The van der Waals surface area contributed by atoms with Crippen molar-refractivity contribution in [1.82, 2.24) is 24.7 Å². The third-order valence-electron chi connectivity index (χ3n) is 3.66. The van der Waals surface area contributed by atoms with Gasteiger partial charge in [0.15, 0.2) is 0 Å². The first-order chi connectivity index (χ1) is 12.5. The number of hydrogen-bond acceptors (Lipinski definition) is 7. The van der Waals surface area contributed by atoms with Crippen molar-refractivity contribution < 1.29 is 4.92 Å². The second-order valence-corrected chi connectivity index (χ2v) is 6.59. The third kappa shape index (κ3) is 2.85. The molecule has 0 saturated heterocycles. The van der Waals surface area contributed by atoms with Gasteiger partial charge in [0, 0.05) is 26.6 Å². The van der Waals surface area contributed by atoms with Gasteiger partial charge in [-0.1, -0.05) is 34.8 Å². The lowest BCUT2D eigenvalue weighted by Gasteiger charge is -2.03. The van der Waals surface area contributed by atoms with Gasteiger partial charge in [0.2, 0.25) is 6.33 Å². The van der Waals surface area contributed by atoms with E-state index in [1.54, 1.807) is 6.07 Å². The first-order valence-electron chi connectivity index (χ1n) is 7.32. The minimum absolute atomic E-state index is 0.0609. The lowest BCUT2D eigenvalue weighted by molar-refractivity contribution is -0.394. The van der Waals surface area contributed by atoms with Gasteiger partial charge >= 0.3 is 5.95 Å². The van der Waals surface area contributed by atoms with Crippen LogP contribution in [0.4, 0.5) is 5.95 Å². The molecule has 0 aliphatic heterocycles. The fourth-order valence-electron chi connectivity index (χ4n) is 2.54. The van der Waals surface area contributed by atoms with E-state index in [0.717, 1.165) is 5.56 Å². The van der Waals surface area contributed by atoms with Gasteiger partial charge in [-0.05, 0) is 11.0 Å². The highest BCUT2D eigenvalue weighted by atomic mass is 35.5. The number of halogens is 1. The zero-order chi connectivity index (χ0) is 18.3. The van der Waals surface area contributed by atoms with E-state index in [2.05, 4.69) is 20.1 Å². The number of H-pyrrole nitrogens is 1. The number of hydrogen-bond donors (Lipinski definition) is 1. The third-order valence-corrected chi connectivity index (χ3v) is 4.86. The van der Waals surface area contributed by atoms with Gasteiger partial charge in [-0.2, -0.15) is 4.68 Å². The van der Waals surface area contributed by atoms with Crippen molar-refractivity contribution in [2.45, 2.75) is 6.54 Å². The molecule has 0 bridgehead atoms. The van der Waals surface area contributed by atoms with Gasteiger partial charge in [-0.3, -0.25) is 4.79 Å². The van der Waals surface area contributed by atoms with E-state index in [9.17, 15) is 14.9 Å². The Labute approximate surface area is 154 Å². The zero-order valence-corrected chi connectivity index (χ0v) is 14.5. The highest BCUT2D eigenvalue weighted by molar-refractivity contribution is 7.17. The second kappa shape index (κ2) is 6.32. The molecule has 0 aliphatic rings. The first-order valence-corrected chi connectivity index (χ1v) is 8.58. The molecular weight excluding hydrogens is 380 g/mol. The molecule has 1 N–H and O–H groups in total. The lowest BCUT2D eigenvalue weighted by Crippen LogP contribution is -2.14. The van der Waals surface area contributed by atoms with Gasteiger partial charge in [0.25, 0.3) is 5.56 Å². The van der Waals surface area contributed by atoms with Gasteiger partial charge in [-0.25, -0.2) is 4.98 Å². The molecule has 1 aromatic carbocycles. The summed E-state index contributed by atoms with van der Waals surface area (Å²) in [6.45, 7) is 0.0609. The zero-order valence-electron chi connectivity index (χ0n) is 12.9. The fourth-order valence-corrected chi connectivity index (χ4v) is 3.74. The maximum atomic E-state index is 12.6. The summed E-state index contributed by atoms with van der Waals surface area (Å²) in [5.41, 5.74) is 1.16. The largest absolute Gasteiger partial charge is 0.490 e. The van der Waals surface area contributed by atoms with Crippen LogP contribution in [0.25, 0.3) is 21.3 Å². The smallest absolute Gasteiger partial charge is 0.390 e. The molecule has 3 aromatic heterocycles. The average Bonchev–Trinajstić information content (AvgIpc) is 3.23. The average molecular weight is 389 g/mol. The number of fused-ring (bicyclic) bond motifs is 1.